The van der Waals surface area contributed by atoms with Gasteiger partial charge in [0.2, 0.25) is 0 Å². The highest BCUT2D eigenvalue weighted by molar-refractivity contribution is 5.43. The lowest BCUT2D eigenvalue weighted by molar-refractivity contribution is 0.285. The molecular formula is C12H20N2O3. The lowest BCUT2D eigenvalue weighted by atomic mass is 10.1. The summed E-state index contributed by atoms with van der Waals surface area (Å²) in [7, 11) is 3.20. The largest absolute Gasteiger partial charge is 0.493 e. The van der Waals surface area contributed by atoms with Gasteiger partial charge in [-0.25, -0.2) is 0 Å². The van der Waals surface area contributed by atoms with Crippen molar-refractivity contribution < 1.29 is 14.6 Å². The maximum Gasteiger partial charge on any atom is 0.161 e. The average Bonchev–Trinajstić information content (AvgIpc) is 2.39. The Labute approximate surface area is 102 Å². The van der Waals surface area contributed by atoms with E-state index in [1.807, 2.05) is 18.2 Å². The van der Waals surface area contributed by atoms with Gasteiger partial charge in [0, 0.05) is 19.1 Å². The van der Waals surface area contributed by atoms with E-state index in [1.54, 1.807) is 14.2 Å². The number of nitrogens with one attached hydrogen (secondary N) is 1. The molecule has 1 aromatic rings. The maximum absolute atomic E-state index is 8.79. The Balaban J connectivity index is 2.88. The predicted octanol–water partition coefficient (Wildman–Crippen LogP) is 0.285. The maximum atomic E-state index is 8.79. The standard InChI is InChI=1S/C12H20N2O3/c1-16-11-4-3-9(7-12(11)17-2)10(8-13)14-5-6-15/h3-4,7,10,14-15H,5-6,8,13H2,1-2H3. The Morgan fingerprint density at radius 1 is 1.29 bits per heavy atom. The van der Waals surface area contributed by atoms with Crippen LogP contribution in [0, 0.1) is 0 Å². The number of benzene rings is 1. The first kappa shape index (κ1) is 13.8. The van der Waals surface area contributed by atoms with Gasteiger partial charge in [0.25, 0.3) is 0 Å². The van der Waals surface area contributed by atoms with Crippen molar-refractivity contribution in [2.75, 3.05) is 33.9 Å². The molecule has 1 atom stereocenters. The van der Waals surface area contributed by atoms with Crippen molar-refractivity contribution in [3.8, 4) is 11.5 Å². The van der Waals surface area contributed by atoms with Gasteiger partial charge >= 0.3 is 0 Å². The normalized spacial score (nSPS) is 12.2. The van der Waals surface area contributed by atoms with Crippen molar-refractivity contribution in [2.45, 2.75) is 6.04 Å². The second kappa shape index (κ2) is 7.11. The smallest absolute Gasteiger partial charge is 0.161 e. The Morgan fingerprint density at radius 3 is 2.53 bits per heavy atom. The lowest BCUT2D eigenvalue weighted by Gasteiger charge is -2.18. The van der Waals surface area contributed by atoms with E-state index in [1.165, 1.54) is 0 Å². The number of hydrogen-bond acceptors (Lipinski definition) is 5. The van der Waals surface area contributed by atoms with Gasteiger partial charge in [-0.2, -0.15) is 0 Å². The highest BCUT2D eigenvalue weighted by atomic mass is 16.5. The van der Waals surface area contributed by atoms with Crippen LogP contribution in [0.1, 0.15) is 11.6 Å². The Hall–Kier alpha value is -1.30. The zero-order chi connectivity index (χ0) is 12.7. The summed E-state index contributed by atoms with van der Waals surface area (Å²) in [4.78, 5) is 0. The summed E-state index contributed by atoms with van der Waals surface area (Å²) in [5, 5.41) is 11.9. The van der Waals surface area contributed by atoms with Crippen LogP contribution >= 0.6 is 0 Å². The first-order chi connectivity index (χ1) is 8.26. The number of ether oxygens (including phenoxy) is 2. The monoisotopic (exact) mass is 240 g/mol. The van der Waals surface area contributed by atoms with Gasteiger partial charge < -0.3 is 25.6 Å². The number of aliphatic hydroxyl groups is 1. The first-order valence-corrected chi connectivity index (χ1v) is 5.53. The molecule has 0 saturated heterocycles. The van der Waals surface area contributed by atoms with Gasteiger partial charge in [0.05, 0.1) is 20.8 Å². The molecule has 1 rings (SSSR count). The number of nitrogens with two attached hydrogens (primary N) is 1. The number of aliphatic hydroxyl groups excluding tert-OH is 1. The highest BCUT2D eigenvalue weighted by Gasteiger charge is 2.12. The molecule has 4 N–H and O–H groups in total. The van der Waals surface area contributed by atoms with Crippen molar-refractivity contribution in [3.05, 3.63) is 23.8 Å². The molecule has 0 spiro atoms. The Kier molecular flexibility index (Phi) is 5.76. The lowest BCUT2D eigenvalue weighted by Crippen LogP contribution is -2.30. The average molecular weight is 240 g/mol. The summed E-state index contributed by atoms with van der Waals surface area (Å²) in [5.74, 6) is 1.36. The van der Waals surface area contributed by atoms with Crippen LogP contribution in [0.4, 0.5) is 0 Å². The molecule has 0 aliphatic rings. The molecule has 0 aromatic heterocycles. The third-order valence-electron chi connectivity index (χ3n) is 2.55. The molecule has 0 heterocycles. The van der Waals surface area contributed by atoms with Gasteiger partial charge in [0.1, 0.15) is 0 Å². The molecule has 0 fully saturated rings. The van der Waals surface area contributed by atoms with Crippen LogP contribution < -0.4 is 20.5 Å². The summed E-state index contributed by atoms with van der Waals surface area (Å²) < 4.78 is 10.4. The topological polar surface area (TPSA) is 76.7 Å². The van der Waals surface area contributed by atoms with Crippen molar-refractivity contribution >= 4 is 0 Å². The van der Waals surface area contributed by atoms with Crippen LogP contribution in [0.2, 0.25) is 0 Å². The van der Waals surface area contributed by atoms with E-state index in [2.05, 4.69) is 5.32 Å². The molecule has 1 aromatic carbocycles. The van der Waals surface area contributed by atoms with E-state index < -0.39 is 0 Å². The van der Waals surface area contributed by atoms with Gasteiger partial charge in [-0.3, -0.25) is 0 Å². The summed E-state index contributed by atoms with van der Waals surface area (Å²) in [6.07, 6.45) is 0. The van der Waals surface area contributed by atoms with Crippen molar-refractivity contribution in [3.63, 3.8) is 0 Å². The quantitative estimate of drug-likeness (QED) is 0.638. The van der Waals surface area contributed by atoms with Gasteiger partial charge in [0.15, 0.2) is 11.5 Å². The molecule has 5 nitrogen and oxygen atoms in total. The highest BCUT2D eigenvalue weighted by Crippen LogP contribution is 2.29. The number of hydrogen-bond donors (Lipinski definition) is 3. The van der Waals surface area contributed by atoms with E-state index >= 15 is 0 Å². The van der Waals surface area contributed by atoms with E-state index in [9.17, 15) is 0 Å². The molecule has 0 saturated carbocycles. The minimum absolute atomic E-state index is 0.00181. The SMILES string of the molecule is COc1ccc(C(CN)NCCO)cc1OC. The second-order valence-corrected chi connectivity index (χ2v) is 3.58. The zero-order valence-electron chi connectivity index (χ0n) is 10.3. The fourth-order valence-corrected chi connectivity index (χ4v) is 1.65. The third kappa shape index (κ3) is 3.59. The molecule has 1 unspecified atom stereocenters. The number of methoxy groups -OCH3 is 2. The van der Waals surface area contributed by atoms with Crippen LogP contribution in [-0.2, 0) is 0 Å². The summed E-state index contributed by atoms with van der Waals surface area (Å²) >= 11 is 0. The van der Waals surface area contributed by atoms with Gasteiger partial charge in [-0.1, -0.05) is 6.07 Å². The zero-order valence-corrected chi connectivity index (χ0v) is 10.3. The van der Waals surface area contributed by atoms with Crippen molar-refractivity contribution in [1.82, 2.24) is 5.32 Å². The molecule has 17 heavy (non-hydrogen) atoms. The third-order valence-corrected chi connectivity index (χ3v) is 2.55. The number of rotatable bonds is 7. The molecule has 0 bridgehead atoms. The summed E-state index contributed by atoms with van der Waals surface area (Å²) in [5.41, 5.74) is 6.70. The molecule has 0 aliphatic carbocycles. The van der Waals surface area contributed by atoms with E-state index in [-0.39, 0.29) is 12.6 Å². The fourth-order valence-electron chi connectivity index (χ4n) is 1.65. The Bertz CT molecular complexity index is 345. The fraction of sp³-hybridized carbons (Fsp3) is 0.500. The predicted molar refractivity (Wildman–Crippen MR) is 66.4 cm³/mol. The Morgan fingerprint density at radius 2 is 2.00 bits per heavy atom. The molecule has 0 aliphatic heterocycles. The van der Waals surface area contributed by atoms with Crippen LogP contribution in [0.5, 0.6) is 11.5 Å². The van der Waals surface area contributed by atoms with E-state index in [4.69, 9.17) is 20.3 Å². The first-order valence-electron chi connectivity index (χ1n) is 5.53. The van der Waals surface area contributed by atoms with Crippen molar-refractivity contribution in [2.24, 2.45) is 5.73 Å². The van der Waals surface area contributed by atoms with Crippen LogP contribution in [0.3, 0.4) is 0 Å². The van der Waals surface area contributed by atoms with Crippen molar-refractivity contribution in [1.29, 1.82) is 0 Å². The molecule has 0 radical (unpaired) electrons. The summed E-state index contributed by atoms with van der Waals surface area (Å²) in [6, 6.07) is 5.67. The van der Waals surface area contributed by atoms with Crippen LogP contribution in [-0.4, -0.2) is 39.0 Å². The second-order valence-electron chi connectivity index (χ2n) is 3.58. The van der Waals surface area contributed by atoms with Gasteiger partial charge in [-0.15, -0.1) is 0 Å². The molecule has 5 heteroatoms. The van der Waals surface area contributed by atoms with Crippen LogP contribution in [0.25, 0.3) is 0 Å². The molecule has 96 valence electrons. The van der Waals surface area contributed by atoms with Crippen LogP contribution in [0.15, 0.2) is 18.2 Å². The molecular weight excluding hydrogens is 220 g/mol. The van der Waals surface area contributed by atoms with Gasteiger partial charge in [-0.05, 0) is 17.7 Å². The summed E-state index contributed by atoms with van der Waals surface area (Å²) in [6.45, 7) is 1.05. The molecule has 0 amide bonds. The van der Waals surface area contributed by atoms with E-state index in [0.29, 0.717) is 24.6 Å². The minimum Gasteiger partial charge on any atom is -0.493 e. The van der Waals surface area contributed by atoms with E-state index in [0.717, 1.165) is 5.56 Å². The minimum atomic E-state index is 0.00181.